The van der Waals surface area contributed by atoms with Crippen molar-refractivity contribution in [1.82, 2.24) is 9.80 Å². The highest BCUT2D eigenvalue weighted by Crippen LogP contribution is 2.50. The number of nitrogens with zero attached hydrogens (tertiary/aromatic N) is 2. The van der Waals surface area contributed by atoms with Gasteiger partial charge in [-0.15, -0.1) is 0 Å². The molecule has 0 aromatic heterocycles. The number of primary amides is 1. The molecule has 3 aliphatic rings. The number of ether oxygens (including phenoxy) is 4. The van der Waals surface area contributed by atoms with Gasteiger partial charge < -0.3 is 34.9 Å². The number of anilines is 1. The van der Waals surface area contributed by atoms with E-state index in [9.17, 15) is 22.8 Å². The van der Waals surface area contributed by atoms with E-state index in [4.69, 9.17) is 24.7 Å². The molecule has 0 bridgehead atoms. The van der Waals surface area contributed by atoms with Crippen LogP contribution in [0.2, 0.25) is 0 Å². The largest absolute Gasteiger partial charge is 0.493 e. The molecule has 2 heterocycles. The van der Waals surface area contributed by atoms with Crippen molar-refractivity contribution in [2.75, 3.05) is 51.0 Å². The Morgan fingerprint density at radius 3 is 2.02 bits per heavy atom. The number of hydrogen-bond donors (Lipinski definition) is 2. The minimum absolute atomic E-state index is 0.0167. The molecule has 1 fully saturated rings. The Bertz CT molecular complexity index is 2860. The van der Waals surface area contributed by atoms with Crippen molar-refractivity contribution < 1.29 is 59.8 Å². The highest BCUT2D eigenvalue weighted by Gasteiger charge is 2.57. The molecule has 0 radical (unpaired) electrons. The Morgan fingerprint density at radius 2 is 1.43 bits per heavy atom. The number of methoxy groups -OCH3 is 2. The van der Waals surface area contributed by atoms with Gasteiger partial charge in [0, 0.05) is 37.5 Å². The first kappa shape index (κ1) is 46.5. The van der Waals surface area contributed by atoms with Crippen molar-refractivity contribution in [1.29, 1.82) is 0 Å². The van der Waals surface area contributed by atoms with E-state index < -0.39 is 77.7 Å². The fraction of sp³-hybridized carbons (Fsp3) is 0.370. The molecular weight excluding hydrogens is 881 g/mol. The van der Waals surface area contributed by atoms with Crippen molar-refractivity contribution in [2.45, 2.75) is 57.0 Å². The first-order valence-electron chi connectivity index (χ1n) is 20.8. The lowest BCUT2D eigenvalue weighted by molar-refractivity contribution is -0.127. The number of carbonyl (C=O) groups excluding carboxylic acids is 5. The maximum Gasteiger partial charge on any atom is 0.262 e. The van der Waals surface area contributed by atoms with Crippen LogP contribution in [0.1, 0.15) is 92.5 Å². The molecule has 0 spiro atoms. The van der Waals surface area contributed by atoms with Crippen LogP contribution < -0.4 is 30.0 Å². The van der Waals surface area contributed by atoms with E-state index >= 15 is 18.0 Å². The molecule has 4 aromatic carbocycles. The first-order valence-corrected chi connectivity index (χ1v) is 24.7. The standard InChI is InChI=1S/C46H50N4O13S2/c1-7-62-36-21-27(15-17-34(36)60-3)23-46(65(6,58)59,49-25-29-11-9-14-32(39(29)42(49)53)48-38(51)24-45(19-20-45)44(47)55)31-13-10-12-30-40(31)43(54)50(41(30)52)33(26-64(5,56)57)28-16-18-35(61-4)37(22-28)63-8-2/h9-18,21-22,33H,7-8,19-20,23-26H2,1-6H3,(H2,47,55)(H,48,51)/t33?,46-/m1/s1. The van der Waals surface area contributed by atoms with Crippen LogP contribution in [0.25, 0.3) is 0 Å². The van der Waals surface area contributed by atoms with Crippen molar-refractivity contribution in [2.24, 2.45) is 11.1 Å². The van der Waals surface area contributed by atoms with E-state index in [1.807, 2.05) is 0 Å². The number of amides is 5. The van der Waals surface area contributed by atoms with Crippen molar-refractivity contribution in [3.63, 3.8) is 0 Å². The van der Waals surface area contributed by atoms with Crippen LogP contribution in [0.5, 0.6) is 23.0 Å². The zero-order valence-corrected chi connectivity index (χ0v) is 38.4. The van der Waals surface area contributed by atoms with E-state index in [0.29, 0.717) is 35.5 Å². The third-order valence-electron chi connectivity index (χ3n) is 12.1. The van der Waals surface area contributed by atoms with Crippen LogP contribution >= 0.6 is 0 Å². The number of rotatable bonds is 19. The second kappa shape index (κ2) is 17.5. The summed E-state index contributed by atoms with van der Waals surface area (Å²) in [4.78, 5) is 70.0. The van der Waals surface area contributed by atoms with E-state index in [1.54, 1.807) is 44.2 Å². The number of sulfone groups is 2. The number of carbonyl (C=O) groups is 5. The van der Waals surface area contributed by atoms with Gasteiger partial charge in [0.2, 0.25) is 11.8 Å². The molecular formula is C46H50N4O13S2. The highest BCUT2D eigenvalue weighted by molar-refractivity contribution is 7.91. The summed E-state index contributed by atoms with van der Waals surface area (Å²) in [6.07, 6.45) is 2.06. The van der Waals surface area contributed by atoms with Crippen LogP contribution in [-0.4, -0.2) is 102 Å². The molecule has 2 atom stereocenters. The second-order valence-electron chi connectivity index (χ2n) is 16.4. The van der Waals surface area contributed by atoms with Crippen LogP contribution in [0.4, 0.5) is 5.69 Å². The Kier molecular flexibility index (Phi) is 12.5. The van der Waals surface area contributed by atoms with Crippen LogP contribution in [0.3, 0.4) is 0 Å². The van der Waals surface area contributed by atoms with Crippen LogP contribution in [0, 0.1) is 5.41 Å². The third kappa shape index (κ3) is 8.49. The highest BCUT2D eigenvalue weighted by atomic mass is 32.2. The molecule has 2 aliphatic heterocycles. The van der Waals surface area contributed by atoms with Gasteiger partial charge in [0.25, 0.3) is 17.7 Å². The molecule has 1 saturated carbocycles. The monoisotopic (exact) mass is 930 g/mol. The average Bonchev–Trinajstić information content (AvgIpc) is 3.89. The Labute approximate surface area is 377 Å². The molecule has 65 heavy (non-hydrogen) atoms. The lowest BCUT2D eigenvalue weighted by atomic mass is 9.90. The molecule has 344 valence electrons. The van der Waals surface area contributed by atoms with Gasteiger partial charge in [0.05, 0.1) is 67.0 Å². The van der Waals surface area contributed by atoms with Gasteiger partial charge in [0.1, 0.15) is 9.84 Å². The summed E-state index contributed by atoms with van der Waals surface area (Å²) in [6, 6.07) is 16.6. The summed E-state index contributed by atoms with van der Waals surface area (Å²) < 4.78 is 78.8. The number of nitrogens with two attached hydrogens (primary N) is 1. The Balaban J connectivity index is 1.42. The van der Waals surface area contributed by atoms with Crippen molar-refractivity contribution in [3.8, 4) is 23.0 Å². The number of fused-ring (bicyclic) bond motifs is 2. The normalized spacial score (nSPS) is 16.6. The number of hydrogen-bond acceptors (Lipinski definition) is 13. The SMILES string of the molecule is CCOc1cc(C[C@@](c2cccc3c2C(=O)N(C(CS(C)(=O)=O)c2ccc(OC)c(OCC)c2)C3=O)(N2Cc3cccc(NC(=O)CC4(C(N)=O)CC4)c3C2=O)S(C)(=O)=O)ccc1OC. The van der Waals surface area contributed by atoms with Crippen LogP contribution in [-0.2, 0) is 47.1 Å². The minimum atomic E-state index is -4.63. The predicted octanol–water partition coefficient (Wildman–Crippen LogP) is 4.57. The summed E-state index contributed by atoms with van der Waals surface area (Å²) in [7, 11) is -5.69. The molecule has 5 amide bonds. The van der Waals surface area contributed by atoms with Gasteiger partial charge >= 0.3 is 0 Å². The second-order valence-corrected chi connectivity index (χ2v) is 20.8. The fourth-order valence-electron chi connectivity index (χ4n) is 8.85. The molecule has 1 unspecified atom stereocenters. The first-order chi connectivity index (χ1) is 30.7. The van der Waals surface area contributed by atoms with Gasteiger partial charge in [-0.3, -0.25) is 28.9 Å². The van der Waals surface area contributed by atoms with E-state index in [2.05, 4.69) is 5.32 Å². The lowest BCUT2D eigenvalue weighted by Crippen LogP contribution is -2.54. The minimum Gasteiger partial charge on any atom is -0.493 e. The Hall–Kier alpha value is -6.47. The van der Waals surface area contributed by atoms with Gasteiger partial charge in [-0.05, 0) is 79.8 Å². The van der Waals surface area contributed by atoms with Crippen molar-refractivity contribution >= 4 is 54.9 Å². The fourth-order valence-corrected chi connectivity index (χ4v) is 11.3. The van der Waals surface area contributed by atoms with E-state index in [0.717, 1.165) is 22.3 Å². The third-order valence-corrected chi connectivity index (χ3v) is 14.9. The molecule has 17 nitrogen and oxygen atoms in total. The zero-order chi connectivity index (χ0) is 47.2. The zero-order valence-electron chi connectivity index (χ0n) is 36.8. The maximum atomic E-state index is 15.2. The molecule has 7 rings (SSSR count). The van der Waals surface area contributed by atoms with Gasteiger partial charge in [-0.1, -0.05) is 36.4 Å². The van der Waals surface area contributed by atoms with Crippen LogP contribution in [0.15, 0.2) is 72.8 Å². The lowest BCUT2D eigenvalue weighted by Gasteiger charge is -2.41. The maximum absolute atomic E-state index is 15.2. The molecule has 0 saturated heterocycles. The topological polar surface area (TPSA) is 235 Å². The van der Waals surface area contributed by atoms with E-state index in [1.165, 1.54) is 56.7 Å². The Morgan fingerprint density at radius 1 is 0.800 bits per heavy atom. The molecule has 3 N–H and O–H groups in total. The summed E-state index contributed by atoms with van der Waals surface area (Å²) in [5, 5.41) is 2.74. The van der Waals surface area contributed by atoms with Gasteiger partial charge in [-0.2, -0.15) is 0 Å². The molecule has 4 aromatic rings. The van der Waals surface area contributed by atoms with Gasteiger partial charge in [0.15, 0.2) is 37.7 Å². The summed E-state index contributed by atoms with van der Waals surface area (Å²) >= 11 is 0. The average molecular weight is 931 g/mol. The predicted molar refractivity (Wildman–Crippen MR) is 238 cm³/mol. The number of nitrogens with one attached hydrogen (secondary N) is 1. The summed E-state index contributed by atoms with van der Waals surface area (Å²) in [6.45, 7) is 3.59. The molecule has 19 heteroatoms. The quantitative estimate of drug-likeness (QED) is 0.123. The number of imide groups is 1. The summed E-state index contributed by atoms with van der Waals surface area (Å²) in [5.41, 5.74) is 4.74. The summed E-state index contributed by atoms with van der Waals surface area (Å²) in [5.74, 6) is -3.45. The smallest absolute Gasteiger partial charge is 0.262 e. The molecule has 1 aliphatic carbocycles. The van der Waals surface area contributed by atoms with Crippen molar-refractivity contribution in [3.05, 3.63) is 112 Å². The number of benzene rings is 4. The van der Waals surface area contributed by atoms with Gasteiger partial charge in [-0.25, -0.2) is 16.8 Å². The van der Waals surface area contributed by atoms with E-state index in [-0.39, 0.29) is 71.2 Å².